The van der Waals surface area contributed by atoms with Crippen molar-refractivity contribution in [2.45, 2.75) is 36.0 Å². The molecule has 1 aromatic carbocycles. The van der Waals surface area contributed by atoms with E-state index in [4.69, 9.17) is 10.5 Å². The van der Waals surface area contributed by atoms with Crippen LogP contribution in [0.5, 0.6) is 0 Å². The summed E-state index contributed by atoms with van der Waals surface area (Å²) in [6.45, 7) is 3.72. The number of sulfone groups is 1. The Labute approximate surface area is 112 Å². The molecule has 2 N–H and O–H groups in total. The number of ether oxygens (including phenoxy) is 1. The van der Waals surface area contributed by atoms with Gasteiger partial charge in [0.1, 0.15) is 5.54 Å². The molecule has 6 heteroatoms. The van der Waals surface area contributed by atoms with E-state index in [0.29, 0.717) is 0 Å². The summed E-state index contributed by atoms with van der Waals surface area (Å²) < 4.78 is 29.5. The van der Waals surface area contributed by atoms with E-state index < -0.39 is 26.6 Å². The van der Waals surface area contributed by atoms with Crippen molar-refractivity contribution in [3.05, 3.63) is 29.8 Å². The van der Waals surface area contributed by atoms with E-state index in [1.165, 1.54) is 12.1 Å². The second kappa shape index (κ2) is 4.61. The second-order valence-electron chi connectivity index (χ2n) is 4.81. The van der Waals surface area contributed by atoms with Crippen LogP contribution in [-0.2, 0) is 19.4 Å². The molecule has 0 radical (unpaired) electrons. The van der Waals surface area contributed by atoms with Crippen LogP contribution in [0.2, 0.25) is 0 Å². The third-order valence-electron chi connectivity index (χ3n) is 3.32. The molecule has 2 atom stereocenters. The van der Waals surface area contributed by atoms with Gasteiger partial charge in [0, 0.05) is 0 Å². The van der Waals surface area contributed by atoms with Crippen molar-refractivity contribution in [3.63, 3.8) is 0 Å². The van der Waals surface area contributed by atoms with Crippen LogP contribution in [0.25, 0.3) is 0 Å². The fourth-order valence-electron chi connectivity index (χ4n) is 2.01. The quantitative estimate of drug-likeness (QED) is 0.826. The van der Waals surface area contributed by atoms with Crippen molar-refractivity contribution >= 4 is 15.8 Å². The van der Waals surface area contributed by atoms with Gasteiger partial charge in [-0.1, -0.05) is 17.7 Å². The summed E-state index contributed by atoms with van der Waals surface area (Å²) in [4.78, 5) is 11.9. The number of carbonyl (C=O) groups excluding carboxylic acids is 1. The lowest BCUT2D eigenvalue weighted by molar-refractivity contribution is -0.145. The highest BCUT2D eigenvalue weighted by Crippen LogP contribution is 2.43. The van der Waals surface area contributed by atoms with Crippen molar-refractivity contribution < 1.29 is 17.9 Å². The minimum absolute atomic E-state index is 0.113. The van der Waals surface area contributed by atoms with Gasteiger partial charge in [0.05, 0.1) is 16.8 Å². The number of carbonyl (C=O) groups is 1. The Bertz CT molecular complexity index is 594. The van der Waals surface area contributed by atoms with Crippen molar-refractivity contribution in [2.75, 3.05) is 6.61 Å². The standard InChI is InChI=1S/C13H17NO4S/c1-3-18-12(15)13(14)8-11(13)19(16,17)10-6-4-9(2)5-7-10/h4-7,11H,3,8,14H2,1-2H3/t11-,13-/m0/s1. The van der Waals surface area contributed by atoms with Crippen LogP contribution in [0, 0.1) is 6.92 Å². The highest BCUT2D eigenvalue weighted by molar-refractivity contribution is 7.92. The average Bonchev–Trinajstić information content (AvgIpc) is 3.05. The van der Waals surface area contributed by atoms with Gasteiger partial charge in [-0.2, -0.15) is 0 Å². The molecule has 0 saturated heterocycles. The van der Waals surface area contributed by atoms with Crippen LogP contribution in [-0.4, -0.2) is 31.8 Å². The average molecular weight is 283 g/mol. The van der Waals surface area contributed by atoms with Gasteiger partial charge >= 0.3 is 5.97 Å². The Kier molecular flexibility index (Phi) is 3.40. The minimum atomic E-state index is -3.58. The molecular weight excluding hydrogens is 266 g/mol. The van der Waals surface area contributed by atoms with Crippen LogP contribution in [0.3, 0.4) is 0 Å². The maximum atomic E-state index is 12.3. The SMILES string of the molecule is CCOC(=O)[C@]1(N)C[C@@H]1S(=O)(=O)c1ccc(C)cc1. The second-order valence-corrected chi connectivity index (χ2v) is 6.94. The first kappa shape index (κ1) is 14.0. The number of rotatable bonds is 4. The first-order valence-corrected chi connectivity index (χ1v) is 7.63. The monoisotopic (exact) mass is 283 g/mol. The Morgan fingerprint density at radius 1 is 1.42 bits per heavy atom. The first-order chi connectivity index (χ1) is 8.82. The molecule has 5 nitrogen and oxygen atoms in total. The number of benzene rings is 1. The molecule has 19 heavy (non-hydrogen) atoms. The lowest BCUT2D eigenvalue weighted by atomic mass is 10.2. The third kappa shape index (κ3) is 2.37. The molecule has 1 aromatic rings. The van der Waals surface area contributed by atoms with Crippen LogP contribution >= 0.6 is 0 Å². The largest absolute Gasteiger partial charge is 0.465 e. The van der Waals surface area contributed by atoms with E-state index in [1.54, 1.807) is 19.1 Å². The number of hydrogen-bond donors (Lipinski definition) is 1. The number of esters is 1. The predicted octanol–water partition coefficient (Wildman–Crippen LogP) is 0.802. The smallest absolute Gasteiger partial charge is 0.327 e. The van der Waals surface area contributed by atoms with Crippen LogP contribution in [0.4, 0.5) is 0 Å². The minimum Gasteiger partial charge on any atom is -0.465 e. The van der Waals surface area contributed by atoms with Gasteiger partial charge in [0.2, 0.25) is 0 Å². The van der Waals surface area contributed by atoms with E-state index in [0.717, 1.165) is 5.56 Å². The van der Waals surface area contributed by atoms with Crippen LogP contribution < -0.4 is 5.73 Å². The summed E-state index contributed by atoms with van der Waals surface area (Å²) in [7, 11) is -3.58. The Morgan fingerprint density at radius 2 is 2.00 bits per heavy atom. The summed E-state index contributed by atoms with van der Waals surface area (Å²) in [6, 6.07) is 6.51. The van der Waals surface area contributed by atoms with Gasteiger partial charge in [0.25, 0.3) is 0 Å². The molecule has 0 spiro atoms. The van der Waals surface area contributed by atoms with Crippen molar-refractivity contribution in [3.8, 4) is 0 Å². The Hall–Kier alpha value is -1.40. The first-order valence-electron chi connectivity index (χ1n) is 6.09. The summed E-state index contributed by atoms with van der Waals surface area (Å²) in [5.74, 6) is -0.643. The fraction of sp³-hybridized carbons (Fsp3) is 0.462. The van der Waals surface area contributed by atoms with E-state index in [2.05, 4.69) is 0 Å². The highest BCUT2D eigenvalue weighted by atomic mass is 32.2. The number of hydrogen-bond acceptors (Lipinski definition) is 5. The summed E-state index contributed by atoms with van der Waals surface area (Å²) in [5, 5.41) is -0.887. The van der Waals surface area contributed by atoms with Gasteiger partial charge in [-0.3, -0.25) is 4.79 Å². The molecule has 0 heterocycles. The Morgan fingerprint density at radius 3 is 2.53 bits per heavy atom. The zero-order chi connectivity index (χ0) is 14.3. The summed E-state index contributed by atoms with van der Waals surface area (Å²) >= 11 is 0. The van der Waals surface area contributed by atoms with Gasteiger partial charge < -0.3 is 10.5 Å². The van der Waals surface area contributed by atoms with Crippen LogP contribution in [0.1, 0.15) is 18.9 Å². The van der Waals surface area contributed by atoms with Gasteiger partial charge in [0.15, 0.2) is 9.84 Å². The number of aryl methyl sites for hydroxylation is 1. The maximum absolute atomic E-state index is 12.3. The molecule has 104 valence electrons. The molecule has 1 fully saturated rings. The van der Waals surface area contributed by atoms with E-state index in [9.17, 15) is 13.2 Å². The zero-order valence-electron chi connectivity index (χ0n) is 10.9. The van der Waals surface area contributed by atoms with Crippen LogP contribution in [0.15, 0.2) is 29.2 Å². The van der Waals surface area contributed by atoms with Crippen molar-refractivity contribution in [1.29, 1.82) is 0 Å². The maximum Gasteiger partial charge on any atom is 0.327 e. The topological polar surface area (TPSA) is 86.5 Å². The normalized spacial score (nSPS) is 25.9. The highest BCUT2D eigenvalue weighted by Gasteiger charge is 2.65. The molecular formula is C13H17NO4S. The van der Waals surface area contributed by atoms with E-state index >= 15 is 0 Å². The van der Waals surface area contributed by atoms with Gasteiger partial charge in [-0.05, 0) is 32.4 Å². The zero-order valence-corrected chi connectivity index (χ0v) is 11.7. The van der Waals surface area contributed by atoms with Gasteiger partial charge in [-0.15, -0.1) is 0 Å². The lowest BCUT2D eigenvalue weighted by Crippen LogP contribution is -2.40. The Balaban J connectivity index is 2.24. The van der Waals surface area contributed by atoms with Crippen molar-refractivity contribution in [1.82, 2.24) is 0 Å². The number of nitrogens with two attached hydrogens (primary N) is 1. The molecule has 0 aromatic heterocycles. The van der Waals surface area contributed by atoms with Gasteiger partial charge in [-0.25, -0.2) is 8.42 Å². The molecule has 0 aliphatic heterocycles. The summed E-state index contributed by atoms with van der Waals surface area (Å²) in [5.41, 5.74) is 5.40. The fourth-order valence-corrected chi connectivity index (χ4v) is 4.00. The van der Waals surface area contributed by atoms with E-state index in [-0.39, 0.29) is 17.9 Å². The lowest BCUT2D eigenvalue weighted by Gasteiger charge is -2.11. The molecule has 0 unspecified atom stereocenters. The molecule has 1 saturated carbocycles. The third-order valence-corrected chi connectivity index (χ3v) is 5.58. The van der Waals surface area contributed by atoms with E-state index in [1.807, 2.05) is 6.92 Å². The summed E-state index contributed by atoms with van der Waals surface area (Å²) in [6.07, 6.45) is 0.113. The molecule has 0 amide bonds. The molecule has 0 bridgehead atoms. The molecule has 2 rings (SSSR count). The molecule has 1 aliphatic carbocycles. The molecule has 1 aliphatic rings. The predicted molar refractivity (Wildman–Crippen MR) is 70.3 cm³/mol. The van der Waals surface area contributed by atoms with Crippen molar-refractivity contribution in [2.24, 2.45) is 5.73 Å².